The summed E-state index contributed by atoms with van der Waals surface area (Å²) in [5, 5.41) is 0. The Kier molecular flexibility index (Phi) is 2.19. The minimum atomic E-state index is -0.683. The van der Waals surface area contributed by atoms with Crippen LogP contribution in [-0.2, 0) is 7.05 Å². The molecule has 0 unspecified atom stereocenters. The predicted octanol–water partition coefficient (Wildman–Crippen LogP) is -0.264. The third-order valence-corrected chi connectivity index (χ3v) is 2.30. The molecule has 6 heteroatoms. The molecular formula is C10H10N4O2. The van der Waals surface area contributed by atoms with E-state index in [-0.39, 0.29) is 16.6 Å². The molecule has 0 aromatic carbocycles. The van der Waals surface area contributed by atoms with Gasteiger partial charge in [0.15, 0.2) is 11.2 Å². The highest BCUT2D eigenvalue weighted by molar-refractivity contribution is 5.93. The van der Waals surface area contributed by atoms with Gasteiger partial charge in [-0.3, -0.25) is 9.59 Å². The minimum Gasteiger partial charge on any atom is -0.364 e. The minimum absolute atomic E-state index is 0.0378. The van der Waals surface area contributed by atoms with Crippen molar-refractivity contribution in [2.45, 2.75) is 6.92 Å². The highest BCUT2D eigenvalue weighted by Gasteiger charge is 2.12. The Morgan fingerprint density at radius 1 is 1.44 bits per heavy atom. The van der Waals surface area contributed by atoms with Crippen LogP contribution >= 0.6 is 0 Å². The van der Waals surface area contributed by atoms with Gasteiger partial charge in [0.25, 0.3) is 5.91 Å². The van der Waals surface area contributed by atoms with Crippen LogP contribution in [0.3, 0.4) is 0 Å². The lowest BCUT2D eigenvalue weighted by Gasteiger charge is -2.06. The van der Waals surface area contributed by atoms with Crippen molar-refractivity contribution in [1.82, 2.24) is 14.5 Å². The van der Waals surface area contributed by atoms with Crippen LogP contribution < -0.4 is 11.2 Å². The molecule has 0 fully saturated rings. The van der Waals surface area contributed by atoms with E-state index < -0.39 is 5.91 Å². The average molecular weight is 218 g/mol. The number of fused-ring (bicyclic) bond motifs is 1. The number of nitrogens with zero attached hydrogens (tertiary/aromatic N) is 3. The maximum atomic E-state index is 11.5. The molecule has 0 spiro atoms. The van der Waals surface area contributed by atoms with Crippen molar-refractivity contribution in [3.05, 3.63) is 33.9 Å². The van der Waals surface area contributed by atoms with E-state index in [9.17, 15) is 9.59 Å². The highest BCUT2D eigenvalue weighted by Crippen LogP contribution is 2.08. The Morgan fingerprint density at radius 3 is 2.75 bits per heavy atom. The van der Waals surface area contributed by atoms with Crippen LogP contribution in [0.4, 0.5) is 0 Å². The van der Waals surface area contributed by atoms with E-state index in [1.54, 1.807) is 24.7 Å². The molecule has 0 radical (unpaired) electrons. The zero-order valence-electron chi connectivity index (χ0n) is 8.89. The fourth-order valence-corrected chi connectivity index (χ4v) is 1.48. The van der Waals surface area contributed by atoms with Crippen LogP contribution in [0.1, 0.15) is 16.2 Å². The Bertz CT molecular complexity index is 645. The lowest BCUT2D eigenvalue weighted by Crippen LogP contribution is -2.19. The smallest absolute Gasteiger partial charge is 0.269 e. The highest BCUT2D eigenvalue weighted by atomic mass is 16.1. The fraction of sp³-hybridized carbons (Fsp3) is 0.200. The summed E-state index contributed by atoms with van der Waals surface area (Å²) in [4.78, 5) is 30.7. The van der Waals surface area contributed by atoms with Gasteiger partial charge in [-0.2, -0.15) is 0 Å². The number of hydrogen-bond donors (Lipinski definition) is 1. The van der Waals surface area contributed by atoms with Gasteiger partial charge in [0.2, 0.25) is 5.43 Å². The van der Waals surface area contributed by atoms with Crippen molar-refractivity contribution >= 4 is 17.1 Å². The SMILES string of the molecule is Cc1nc2c(nc1C(N)=O)c(=O)ccn2C. The third-order valence-electron chi connectivity index (χ3n) is 2.30. The van der Waals surface area contributed by atoms with Crippen LogP contribution in [0.2, 0.25) is 0 Å². The third kappa shape index (κ3) is 1.44. The van der Waals surface area contributed by atoms with Crippen molar-refractivity contribution in [3.63, 3.8) is 0 Å². The van der Waals surface area contributed by atoms with Crippen LogP contribution in [0.15, 0.2) is 17.1 Å². The molecule has 2 aromatic heterocycles. The molecule has 0 atom stereocenters. The van der Waals surface area contributed by atoms with Gasteiger partial charge in [-0.1, -0.05) is 0 Å². The molecule has 0 aliphatic heterocycles. The van der Waals surface area contributed by atoms with Gasteiger partial charge in [-0.15, -0.1) is 0 Å². The first-order valence-electron chi connectivity index (χ1n) is 4.64. The number of rotatable bonds is 1. The Morgan fingerprint density at radius 2 is 2.12 bits per heavy atom. The van der Waals surface area contributed by atoms with Crippen molar-refractivity contribution in [2.75, 3.05) is 0 Å². The molecular weight excluding hydrogens is 208 g/mol. The molecule has 2 aromatic rings. The fourth-order valence-electron chi connectivity index (χ4n) is 1.48. The van der Waals surface area contributed by atoms with Gasteiger partial charge >= 0.3 is 0 Å². The number of amides is 1. The quantitative estimate of drug-likeness (QED) is 0.713. The van der Waals surface area contributed by atoms with E-state index in [2.05, 4.69) is 9.97 Å². The van der Waals surface area contributed by atoms with E-state index in [0.29, 0.717) is 11.3 Å². The average Bonchev–Trinajstić information content (AvgIpc) is 2.23. The standard InChI is InChI=1S/C10H10N4O2/c1-5-7(9(11)16)13-8-6(15)3-4-14(2)10(8)12-5/h3-4H,1-2H3,(H2,11,16). The first-order valence-corrected chi connectivity index (χ1v) is 4.64. The zero-order valence-corrected chi connectivity index (χ0v) is 8.89. The zero-order chi connectivity index (χ0) is 11.9. The summed E-state index contributed by atoms with van der Waals surface area (Å²) in [7, 11) is 1.75. The number of primary amides is 1. The normalized spacial score (nSPS) is 10.6. The topological polar surface area (TPSA) is 90.9 Å². The molecule has 82 valence electrons. The molecule has 2 N–H and O–H groups in total. The molecule has 2 heterocycles. The van der Waals surface area contributed by atoms with E-state index in [4.69, 9.17) is 5.73 Å². The summed E-state index contributed by atoms with van der Waals surface area (Å²) < 4.78 is 1.67. The van der Waals surface area contributed by atoms with Crippen LogP contribution in [-0.4, -0.2) is 20.4 Å². The monoisotopic (exact) mass is 218 g/mol. The van der Waals surface area contributed by atoms with E-state index in [1.807, 2.05) is 0 Å². The van der Waals surface area contributed by atoms with Gasteiger partial charge in [0, 0.05) is 19.3 Å². The Hall–Kier alpha value is -2.24. The van der Waals surface area contributed by atoms with Crippen molar-refractivity contribution in [2.24, 2.45) is 12.8 Å². The van der Waals surface area contributed by atoms with Gasteiger partial charge in [0.1, 0.15) is 5.69 Å². The number of aryl methyl sites for hydroxylation is 2. The maximum absolute atomic E-state index is 11.5. The molecule has 2 rings (SSSR count). The van der Waals surface area contributed by atoms with Crippen molar-refractivity contribution < 1.29 is 4.79 Å². The Balaban J connectivity index is 2.95. The van der Waals surface area contributed by atoms with E-state index in [1.165, 1.54) is 6.07 Å². The van der Waals surface area contributed by atoms with Crippen LogP contribution in [0.25, 0.3) is 11.2 Å². The van der Waals surface area contributed by atoms with Crippen LogP contribution in [0, 0.1) is 6.92 Å². The molecule has 0 saturated carbocycles. The summed E-state index contributed by atoms with van der Waals surface area (Å²) in [5.41, 5.74) is 5.92. The van der Waals surface area contributed by atoms with E-state index in [0.717, 1.165) is 0 Å². The summed E-state index contributed by atoms with van der Waals surface area (Å²) >= 11 is 0. The second kappa shape index (κ2) is 3.41. The molecule has 1 amide bonds. The Labute approximate surface area is 90.7 Å². The number of carbonyl (C=O) groups is 1. The number of hydrogen-bond acceptors (Lipinski definition) is 4. The summed E-state index contributed by atoms with van der Waals surface area (Å²) in [5.74, 6) is -0.683. The number of carbonyl (C=O) groups excluding carboxylic acids is 1. The lowest BCUT2D eigenvalue weighted by molar-refractivity contribution is 0.0995. The van der Waals surface area contributed by atoms with Gasteiger partial charge in [-0.25, -0.2) is 9.97 Å². The first kappa shape index (κ1) is 10.3. The molecule has 0 saturated heterocycles. The lowest BCUT2D eigenvalue weighted by atomic mass is 10.3. The summed E-state index contributed by atoms with van der Waals surface area (Å²) in [6, 6.07) is 1.37. The summed E-state index contributed by atoms with van der Waals surface area (Å²) in [6.07, 6.45) is 1.60. The maximum Gasteiger partial charge on any atom is 0.269 e. The van der Waals surface area contributed by atoms with Gasteiger partial charge in [-0.05, 0) is 6.92 Å². The van der Waals surface area contributed by atoms with Crippen molar-refractivity contribution in [1.29, 1.82) is 0 Å². The second-order valence-corrected chi connectivity index (χ2v) is 3.48. The van der Waals surface area contributed by atoms with Crippen molar-refractivity contribution in [3.8, 4) is 0 Å². The first-order chi connectivity index (χ1) is 7.50. The number of nitrogens with two attached hydrogens (primary N) is 1. The van der Waals surface area contributed by atoms with Crippen LogP contribution in [0.5, 0.6) is 0 Å². The summed E-state index contributed by atoms with van der Waals surface area (Å²) in [6.45, 7) is 1.63. The predicted molar refractivity (Wildman–Crippen MR) is 58.0 cm³/mol. The second-order valence-electron chi connectivity index (χ2n) is 3.48. The molecule has 0 bridgehead atoms. The number of aromatic nitrogens is 3. The largest absolute Gasteiger partial charge is 0.364 e. The van der Waals surface area contributed by atoms with Gasteiger partial charge < -0.3 is 10.3 Å². The molecule has 0 aliphatic rings. The molecule has 0 aliphatic carbocycles. The molecule has 6 nitrogen and oxygen atoms in total. The molecule has 16 heavy (non-hydrogen) atoms. The van der Waals surface area contributed by atoms with E-state index >= 15 is 0 Å². The van der Waals surface area contributed by atoms with Gasteiger partial charge in [0.05, 0.1) is 5.69 Å². The number of pyridine rings is 1.